The number of pyridine rings is 1. The van der Waals surface area contributed by atoms with Gasteiger partial charge < -0.3 is 4.57 Å². The van der Waals surface area contributed by atoms with Gasteiger partial charge in [-0.3, -0.25) is 0 Å². The fraction of sp³-hybridized carbons (Fsp3) is 0.300. The van der Waals surface area contributed by atoms with Crippen LogP contribution in [0.1, 0.15) is 12.5 Å². The Morgan fingerprint density at radius 2 is 2.31 bits per heavy atom. The van der Waals surface area contributed by atoms with Gasteiger partial charge >= 0.3 is 0 Å². The van der Waals surface area contributed by atoms with E-state index in [0.29, 0.717) is 0 Å². The monoisotopic (exact) mass is 238 g/mol. The summed E-state index contributed by atoms with van der Waals surface area (Å²) in [4.78, 5) is 4.23. The van der Waals surface area contributed by atoms with Gasteiger partial charge in [-0.15, -0.1) is 0 Å². The molecule has 2 nitrogen and oxygen atoms in total. The summed E-state index contributed by atoms with van der Waals surface area (Å²) >= 11 is 3.38. The largest absolute Gasteiger partial charge is 0.346 e. The number of halogens is 1. The molecule has 0 atom stereocenters. The normalized spacial score (nSPS) is 11.0. The Morgan fingerprint density at radius 3 is 3.00 bits per heavy atom. The SMILES string of the molecule is CCn1cc(C)c2cc(Br)ncc21. The fourth-order valence-corrected chi connectivity index (χ4v) is 1.93. The predicted molar refractivity (Wildman–Crippen MR) is 57.8 cm³/mol. The van der Waals surface area contributed by atoms with Crippen molar-refractivity contribution in [2.24, 2.45) is 0 Å². The first kappa shape index (κ1) is 8.75. The summed E-state index contributed by atoms with van der Waals surface area (Å²) in [5.74, 6) is 0. The maximum atomic E-state index is 4.23. The van der Waals surface area contributed by atoms with Gasteiger partial charge in [-0.25, -0.2) is 4.98 Å². The zero-order valence-electron chi connectivity index (χ0n) is 7.71. The molecule has 0 bridgehead atoms. The minimum Gasteiger partial charge on any atom is -0.346 e. The first-order valence-electron chi connectivity index (χ1n) is 4.33. The summed E-state index contributed by atoms with van der Waals surface area (Å²) in [5, 5.41) is 1.28. The van der Waals surface area contributed by atoms with Gasteiger partial charge in [0.1, 0.15) is 4.60 Å². The highest BCUT2D eigenvalue weighted by Crippen LogP contribution is 2.22. The molecule has 0 spiro atoms. The molecule has 0 N–H and O–H groups in total. The molecule has 0 aliphatic carbocycles. The van der Waals surface area contributed by atoms with E-state index in [4.69, 9.17) is 0 Å². The van der Waals surface area contributed by atoms with Crippen LogP contribution < -0.4 is 0 Å². The molecule has 0 saturated heterocycles. The van der Waals surface area contributed by atoms with Gasteiger partial charge in [0, 0.05) is 18.1 Å². The fourth-order valence-electron chi connectivity index (χ4n) is 1.60. The van der Waals surface area contributed by atoms with E-state index in [9.17, 15) is 0 Å². The lowest BCUT2D eigenvalue weighted by Gasteiger charge is -1.98. The minimum absolute atomic E-state index is 0.900. The van der Waals surface area contributed by atoms with Crippen LogP contribution >= 0.6 is 15.9 Å². The molecule has 0 radical (unpaired) electrons. The van der Waals surface area contributed by atoms with Crippen molar-refractivity contribution in [2.75, 3.05) is 0 Å². The molecule has 68 valence electrons. The second-order valence-corrected chi connectivity index (χ2v) is 3.93. The first-order valence-corrected chi connectivity index (χ1v) is 5.12. The van der Waals surface area contributed by atoms with E-state index in [2.05, 4.69) is 51.6 Å². The Balaban J connectivity index is 2.80. The highest BCUT2D eigenvalue weighted by atomic mass is 79.9. The van der Waals surface area contributed by atoms with Gasteiger partial charge in [0.25, 0.3) is 0 Å². The maximum absolute atomic E-state index is 4.23. The van der Waals surface area contributed by atoms with Gasteiger partial charge in [-0.1, -0.05) is 0 Å². The van der Waals surface area contributed by atoms with Crippen LogP contribution in [0.3, 0.4) is 0 Å². The summed E-state index contributed by atoms with van der Waals surface area (Å²) in [5.41, 5.74) is 2.52. The van der Waals surface area contributed by atoms with E-state index in [1.807, 2.05) is 6.20 Å². The number of aromatic nitrogens is 2. The molecule has 0 amide bonds. The number of hydrogen-bond donors (Lipinski definition) is 0. The molecule has 13 heavy (non-hydrogen) atoms. The third-order valence-corrected chi connectivity index (χ3v) is 2.71. The Hall–Kier alpha value is -0.830. The van der Waals surface area contributed by atoms with Crippen molar-refractivity contribution in [3.63, 3.8) is 0 Å². The first-order chi connectivity index (χ1) is 6.22. The van der Waals surface area contributed by atoms with Crippen LogP contribution in [0.25, 0.3) is 10.9 Å². The lowest BCUT2D eigenvalue weighted by molar-refractivity contribution is 0.794. The number of hydrogen-bond acceptors (Lipinski definition) is 1. The second kappa shape index (κ2) is 3.14. The lowest BCUT2D eigenvalue weighted by atomic mass is 10.2. The smallest absolute Gasteiger partial charge is 0.106 e. The van der Waals surface area contributed by atoms with Crippen LogP contribution in [0.4, 0.5) is 0 Å². The van der Waals surface area contributed by atoms with Crippen molar-refractivity contribution in [3.05, 3.63) is 28.6 Å². The highest BCUT2D eigenvalue weighted by Gasteiger charge is 2.04. The molecule has 2 aromatic rings. The summed E-state index contributed by atoms with van der Waals surface area (Å²) in [7, 11) is 0. The molecule has 0 unspecified atom stereocenters. The molecule has 0 fully saturated rings. The van der Waals surface area contributed by atoms with Crippen LogP contribution in [-0.4, -0.2) is 9.55 Å². The molecule has 2 heterocycles. The van der Waals surface area contributed by atoms with Crippen molar-refractivity contribution < 1.29 is 0 Å². The quantitative estimate of drug-likeness (QED) is 0.699. The van der Waals surface area contributed by atoms with Crippen LogP contribution in [-0.2, 0) is 6.54 Å². The van der Waals surface area contributed by atoms with Gasteiger partial charge in [0.2, 0.25) is 0 Å². The lowest BCUT2D eigenvalue weighted by Crippen LogP contribution is -1.90. The van der Waals surface area contributed by atoms with E-state index in [1.54, 1.807) is 0 Å². The Labute approximate surface area is 85.7 Å². The molecule has 0 saturated carbocycles. The van der Waals surface area contributed by atoms with Gasteiger partial charge in [-0.2, -0.15) is 0 Å². The number of fused-ring (bicyclic) bond motifs is 1. The van der Waals surface area contributed by atoms with Crippen molar-refractivity contribution in [3.8, 4) is 0 Å². The van der Waals surface area contributed by atoms with E-state index in [0.717, 1.165) is 11.1 Å². The van der Waals surface area contributed by atoms with Crippen molar-refractivity contribution in [1.29, 1.82) is 0 Å². The Morgan fingerprint density at radius 1 is 1.54 bits per heavy atom. The maximum Gasteiger partial charge on any atom is 0.106 e. The number of aryl methyl sites for hydroxylation is 2. The van der Waals surface area contributed by atoms with Crippen molar-refractivity contribution in [1.82, 2.24) is 9.55 Å². The molecular formula is C10H11BrN2. The van der Waals surface area contributed by atoms with E-state index < -0.39 is 0 Å². The molecule has 2 rings (SSSR count). The zero-order chi connectivity index (χ0) is 9.42. The van der Waals surface area contributed by atoms with E-state index in [-0.39, 0.29) is 0 Å². The van der Waals surface area contributed by atoms with Crippen molar-refractivity contribution >= 4 is 26.8 Å². The van der Waals surface area contributed by atoms with Crippen LogP contribution in [0.5, 0.6) is 0 Å². The van der Waals surface area contributed by atoms with Crippen LogP contribution in [0, 0.1) is 6.92 Å². The Kier molecular flexibility index (Phi) is 2.12. The van der Waals surface area contributed by atoms with Crippen LogP contribution in [0.15, 0.2) is 23.1 Å². The topological polar surface area (TPSA) is 17.8 Å². The summed E-state index contributed by atoms with van der Waals surface area (Å²) in [6.07, 6.45) is 4.08. The second-order valence-electron chi connectivity index (χ2n) is 3.12. The minimum atomic E-state index is 0.900. The predicted octanol–water partition coefficient (Wildman–Crippen LogP) is 3.13. The molecule has 0 aliphatic rings. The summed E-state index contributed by atoms with van der Waals surface area (Å²) in [6, 6.07) is 2.07. The average molecular weight is 239 g/mol. The van der Waals surface area contributed by atoms with Crippen LogP contribution in [0.2, 0.25) is 0 Å². The molecule has 2 aromatic heterocycles. The molecule has 0 aliphatic heterocycles. The molecule has 3 heteroatoms. The third kappa shape index (κ3) is 1.37. The van der Waals surface area contributed by atoms with Crippen molar-refractivity contribution in [2.45, 2.75) is 20.4 Å². The number of rotatable bonds is 1. The van der Waals surface area contributed by atoms with E-state index >= 15 is 0 Å². The van der Waals surface area contributed by atoms with Gasteiger partial charge in [-0.05, 0) is 41.4 Å². The molecular weight excluding hydrogens is 228 g/mol. The summed E-state index contributed by atoms with van der Waals surface area (Å²) < 4.78 is 3.11. The standard InChI is InChI=1S/C10H11BrN2/c1-3-13-6-7(2)8-4-10(11)12-5-9(8)13/h4-6H,3H2,1-2H3. The van der Waals surface area contributed by atoms with Gasteiger partial charge in [0.15, 0.2) is 0 Å². The zero-order valence-corrected chi connectivity index (χ0v) is 9.30. The molecule has 0 aromatic carbocycles. The third-order valence-electron chi connectivity index (χ3n) is 2.27. The highest BCUT2D eigenvalue weighted by molar-refractivity contribution is 9.10. The van der Waals surface area contributed by atoms with Gasteiger partial charge in [0.05, 0.1) is 11.7 Å². The Bertz CT molecular complexity index is 445. The average Bonchev–Trinajstić information content (AvgIpc) is 2.43. The number of nitrogens with zero attached hydrogens (tertiary/aromatic N) is 2. The summed E-state index contributed by atoms with van der Waals surface area (Å²) in [6.45, 7) is 5.26. The van der Waals surface area contributed by atoms with E-state index in [1.165, 1.54) is 16.5 Å².